The van der Waals surface area contributed by atoms with Crippen molar-refractivity contribution in [3.05, 3.63) is 58.8 Å². The zero-order valence-electron chi connectivity index (χ0n) is 14.2. The smallest absolute Gasteiger partial charge is 0.341 e. The van der Waals surface area contributed by atoms with Gasteiger partial charge in [-0.2, -0.15) is 0 Å². The molecule has 7 heteroatoms. The third kappa shape index (κ3) is 3.50. The molecule has 0 atom stereocenters. The van der Waals surface area contributed by atoms with Crippen molar-refractivity contribution in [3.8, 4) is 5.75 Å². The number of esters is 1. The van der Waals surface area contributed by atoms with Crippen LogP contribution in [0.4, 0.5) is 5.69 Å². The molecular formula is C19H16ClNO5. The number of halogens is 1. The number of hydrogen-bond acceptors (Lipinski definition) is 5. The summed E-state index contributed by atoms with van der Waals surface area (Å²) in [4.78, 5) is 24.4. The summed E-state index contributed by atoms with van der Waals surface area (Å²) < 4.78 is 15.7. The van der Waals surface area contributed by atoms with Crippen LogP contribution in [0.1, 0.15) is 27.8 Å². The van der Waals surface area contributed by atoms with Crippen molar-refractivity contribution in [1.82, 2.24) is 0 Å². The predicted octanol–water partition coefficient (Wildman–Crippen LogP) is 4.52. The van der Waals surface area contributed by atoms with E-state index in [-0.39, 0.29) is 28.7 Å². The summed E-state index contributed by atoms with van der Waals surface area (Å²) in [6, 6.07) is 11.8. The number of para-hydroxylation sites is 1. The lowest BCUT2D eigenvalue weighted by Gasteiger charge is -2.12. The molecule has 26 heavy (non-hydrogen) atoms. The number of ether oxygens (including phenoxy) is 2. The lowest BCUT2D eigenvalue weighted by molar-refractivity contribution is 0.0522. The second-order valence-corrected chi connectivity index (χ2v) is 5.76. The molecule has 134 valence electrons. The third-order valence-electron chi connectivity index (χ3n) is 3.68. The molecule has 2 aromatic carbocycles. The van der Waals surface area contributed by atoms with Gasteiger partial charge in [0.05, 0.1) is 24.4 Å². The lowest BCUT2D eigenvalue weighted by atomic mass is 10.1. The number of amides is 1. The average Bonchev–Trinajstić information content (AvgIpc) is 3.07. The molecule has 1 amide bonds. The van der Waals surface area contributed by atoms with Crippen LogP contribution in [0.3, 0.4) is 0 Å². The molecule has 0 saturated carbocycles. The molecule has 0 saturated heterocycles. The first-order chi connectivity index (χ1) is 12.5. The van der Waals surface area contributed by atoms with Gasteiger partial charge in [-0.3, -0.25) is 4.79 Å². The van der Waals surface area contributed by atoms with Gasteiger partial charge in [-0.05, 0) is 25.1 Å². The first-order valence-corrected chi connectivity index (χ1v) is 8.26. The number of hydrogen-bond donors (Lipinski definition) is 1. The summed E-state index contributed by atoms with van der Waals surface area (Å²) in [5, 5.41) is 3.66. The van der Waals surface area contributed by atoms with Crippen LogP contribution < -0.4 is 10.1 Å². The second-order valence-electron chi connectivity index (χ2n) is 5.36. The number of nitrogens with one attached hydrogen (secondary N) is 1. The van der Waals surface area contributed by atoms with Crippen molar-refractivity contribution in [2.45, 2.75) is 6.92 Å². The minimum atomic E-state index is -0.554. The number of fused-ring (bicyclic) bond motifs is 1. The van der Waals surface area contributed by atoms with Crippen LogP contribution in [-0.4, -0.2) is 25.6 Å². The number of rotatable bonds is 5. The minimum Gasteiger partial charge on any atom is -0.496 e. The van der Waals surface area contributed by atoms with Crippen LogP contribution in [0.15, 0.2) is 46.9 Å². The van der Waals surface area contributed by atoms with Gasteiger partial charge in [0.15, 0.2) is 5.76 Å². The van der Waals surface area contributed by atoms with E-state index in [1.807, 2.05) is 18.2 Å². The molecule has 0 bridgehead atoms. The van der Waals surface area contributed by atoms with Gasteiger partial charge in [0.2, 0.25) is 0 Å². The van der Waals surface area contributed by atoms with Crippen molar-refractivity contribution < 1.29 is 23.5 Å². The van der Waals surface area contributed by atoms with Crippen molar-refractivity contribution in [3.63, 3.8) is 0 Å². The number of methoxy groups -OCH3 is 1. The van der Waals surface area contributed by atoms with E-state index in [1.165, 1.54) is 19.2 Å². The van der Waals surface area contributed by atoms with Crippen LogP contribution >= 0.6 is 11.6 Å². The molecule has 0 radical (unpaired) electrons. The normalized spacial score (nSPS) is 10.6. The number of carbonyl (C=O) groups excluding carboxylic acids is 2. The summed E-state index contributed by atoms with van der Waals surface area (Å²) >= 11 is 6.20. The van der Waals surface area contributed by atoms with Crippen molar-refractivity contribution in [2.75, 3.05) is 19.0 Å². The van der Waals surface area contributed by atoms with Crippen LogP contribution in [0.5, 0.6) is 5.75 Å². The topological polar surface area (TPSA) is 77.8 Å². The maximum atomic E-state index is 12.5. The molecule has 1 heterocycles. The van der Waals surface area contributed by atoms with E-state index in [2.05, 4.69) is 5.32 Å². The average molecular weight is 374 g/mol. The van der Waals surface area contributed by atoms with Crippen molar-refractivity contribution in [1.29, 1.82) is 0 Å². The summed E-state index contributed by atoms with van der Waals surface area (Å²) in [5.74, 6) is -0.626. The molecule has 0 aliphatic carbocycles. The summed E-state index contributed by atoms with van der Waals surface area (Å²) in [6.07, 6.45) is 0. The Morgan fingerprint density at radius 1 is 1.19 bits per heavy atom. The van der Waals surface area contributed by atoms with E-state index in [0.29, 0.717) is 11.3 Å². The maximum Gasteiger partial charge on any atom is 0.341 e. The second kappa shape index (κ2) is 7.49. The largest absolute Gasteiger partial charge is 0.496 e. The van der Waals surface area contributed by atoms with Crippen molar-refractivity contribution >= 4 is 40.1 Å². The van der Waals surface area contributed by atoms with Gasteiger partial charge in [0, 0.05) is 11.5 Å². The molecule has 0 fully saturated rings. The number of benzene rings is 2. The van der Waals surface area contributed by atoms with Gasteiger partial charge in [0.25, 0.3) is 5.91 Å². The number of anilines is 1. The standard InChI is InChI=1S/C19H16ClNO5/c1-3-25-19(23)12-9-13(20)14(10-16(12)24-2)21-18(22)17-8-11-6-4-5-7-15(11)26-17/h4-10H,3H2,1-2H3,(H,21,22). The van der Waals surface area contributed by atoms with Gasteiger partial charge in [-0.15, -0.1) is 0 Å². The van der Waals surface area contributed by atoms with Gasteiger partial charge in [-0.25, -0.2) is 4.79 Å². The van der Waals surface area contributed by atoms with E-state index < -0.39 is 11.9 Å². The van der Waals surface area contributed by atoms with Gasteiger partial charge in [0.1, 0.15) is 16.9 Å². The van der Waals surface area contributed by atoms with Gasteiger partial charge < -0.3 is 19.2 Å². The highest BCUT2D eigenvalue weighted by molar-refractivity contribution is 6.34. The van der Waals surface area contributed by atoms with Crippen LogP contribution in [0.2, 0.25) is 5.02 Å². The lowest BCUT2D eigenvalue weighted by Crippen LogP contribution is -2.13. The van der Waals surface area contributed by atoms with Crippen LogP contribution in [-0.2, 0) is 4.74 Å². The molecule has 0 unspecified atom stereocenters. The summed E-state index contributed by atoms with van der Waals surface area (Å²) in [6.45, 7) is 1.93. The Hall–Kier alpha value is -2.99. The predicted molar refractivity (Wildman–Crippen MR) is 98.1 cm³/mol. The van der Waals surface area contributed by atoms with E-state index >= 15 is 0 Å². The molecule has 0 aliphatic heterocycles. The zero-order valence-corrected chi connectivity index (χ0v) is 14.9. The minimum absolute atomic E-state index is 0.149. The van der Waals surface area contributed by atoms with Crippen LogP contribution in [0, 0.1) is 0 Å². The molecule has 1 N–H and O–H groups in total. The zero-order chi connectivity index (χ0) is 18.7. The molecule has 6 nitrogen and oxygen atoms in total. The Kier molecular flexibility index (Phi) is 5.14. The summed E-state index contributed by atoms with van der Waals surface area (Å²) in [7, 11) is 1.41. The molecule has 0 aliphatic rings. The Labute approximate surface area is 154 Å². The van der Waals surface area contributed by atoms with E-state index in [4.69, 9.17) is 25.5 Å². The monoisotopic (exact) mass is 373 g/mol. The Morgan fingerprint density at radius 3 is 2.65 bits per heavy atom. The Balaban J connectivity index is 1.89. The van der Waals surface area contributed by atoms with Gasteiger partial charge in [-0.1, -0.05) is 29.8 Å². The highest BCUT2D eigenvalue weighted by Gasteiger charge is 2.19. The quantitative estimate of drug-likeness (QED) is 0.665. The number of carbonyl (C=O) groups is 2. The SMILES string of the molecule is CCOC(=O)c1cc(Cl)c(NC(=O)c2cc3ccccc3o2)cc1OC. The fourth-order valence-electron chi connectivity index (χ4n) is 2.46. The van der Waals surface area contributed by atoms with Crippen molar-refractivity contribution in [2.24, 2.45) is 0 Å². The maximum absolute atomic E-state index is 12.5. The third-order valence-corrected chi connectivity index (χ3v) is 3.99. The molecule has 1 aromatic heterocycles. The number of furan rings is 1. The van der Waals surface area contributed by atoms with E-state index in [0.717, 1.165) is 5.39 Å². The fourth-order valence-corrected chi connectivity index (χ4v) is 2.68. The molecule has 3 rings (SSSR count). The van der Waals surface area contributed by atoms with E-state index in [9.17, 15) is 9.59 Å². The Morgan fingerprint density at radius 2 is 1.96 bits per heavy atom. The first kappa shape index (κ1) is 17.8. The van der Waals surface area contributed by atoms with Crippen LogP contribution in [0.25, 0.3) is 11.0 Å². The van der Waals surface area contributed by atoms with Gasteiger partial charge >= 0.3 is 5.97 Å². The summed E-state index contributed by atoms with van der Waals surface area (Å²) in [5.41, 5.74) is 1.09. The first-order valence-electron chi connectivity index (χ1n) is 7.88. The van der Waals surface area contributed by atoms with E-state index in [1.54, 1.807) is 19.1 Å². The highest BCUT2D eigenvalue weighted by Crippen LogP contribution is 2.32. The Bertz CT molecular complexity index is 946. The molecular weight excluding hydrogens is 358 g/mol. The highest BCUT2D eigenvalue weighted by atomic mass is 35.5. The molecule has 3 aromatic rings. The molecule has 0 spiro atoms. The fraction of sp³-hybridized carbons (Fsp3) is 0.158.